The first-order valence-corrected chi connectivity index (χ1v) is 9.42. The van der Waals surface area contributed by atoms with Crippen LogP contribution >= 0.6 is 22.9 Å². The summed E-state index contributed by atoms with van der Waals surface area (Å²) in [5.41, 5.74) is 3.42. The molecule has 3 heterocycles. The highest BCUT2D eigenvalue weighted by Gasteiger charge is 2.23. The van der Waals surface area contributed by atoms with E-state index in [9.17, 15) is 4.79 Å². The van der Waals surface area contributed by atoms with Gasteiger partial charge in [-0.3, -0.25) is 4.79 Å². The molecule has 4 rings (SSSR count). The first-order valence-electron chi connectivity index (χ1n) is 8.16. The fourth-order valence-electron chi connectivity index (χ4n) is 2.83. The Bertz CT molecular complexity index is 956. The molecule has 132 valence electrons. The van der Waals surface area contributed by atoms with Gasteiger partial charge in [0.05, 0.1) is 29.5 Å². The number of amides is 1. The molecular weight excluding hydrogens is 370 g/mol. The van der Waals surface area contributed by atoms with E-state index in [2.05, 4.69) is 4.98 Å². The van der Waals surface area contributed by atoms with Crippen LogP contribution in [-0.4, -0.2) is 27.4 Å². The number of pyridine rings is 1. The van der Waals surface area contributed by atoms with Gasteiger partial charge in [0.15, 0.2) is 6.61 Å². The maximum absolute atomic E-state index is 12.4. The lowest BCUT2D eigenvalue weighted by atomic mass is 10.1. The third-order valence-electron chi connectivity index (χ3n) is 4.14. The van der Waals surface area contributed by atoms with Gasteiger partial charge in [0.1, 0.15) is 11.4 Å². The Morgan fingerprint density at radius 1 is 1.19 bits per heavy atom. The summed E-state index contributed by atoms with van der Waals surface area (Å²) in [5, 5.41) is 3.65. The highest BCUT2D eigenvalue weighted by atomic mass is 35.5. The molecule has 0 aliphatic carbocycles. The van der Waals surface area contributed by atoms with Gasteiger partial charge in [-0.2, -0.15) is 0 Å². The third-order valence-corrected chi connectivity index (χ3v) is 5.21. The standard InChI is InChI=1S/C19H16ClN3O2S/c1-12-21-15(11-26-12)8-23-9-17-18(25-10-19(23)24)7-6-16(22-17)13-2-4-14(20)5-3-13/h2-7,11H,8-10H2,1H3. The molecule has 3 aromatic rings. The van der Waals surface area contributed by atoms with Crippen LogP contribution in [0.15, 0.2) is 41.8 Å². The molecule has 1 aliphatic rings. The number of fused-ring (bicyclic) bond motifs is 1. The summed E-state index contributed by atoms with van der Waals surface area (Å²) < 4.78 is 5.65. The van der Waals surface area contributed by atoms with E-state index >= 15 is 0 Å². The minimum absolute atomic E-state index is 0.0120. The molecule has 1 aliphatic heterocycles. The summed E-state index contributed by atoms with van der Waals surface area (Å²) in [7, 11) is 0. The minimum atomic E-state index is -0.0679. The van der Waals surface area contributed by atoms with Crippen molar-refractivity contribution in [1.82, 2.24) is 14.9 Å². The molecule has 0 radical (unpaired) electrons. The Morgan fingerprint density at radius 3 is 2.73 bits per heavy atom. The predicted octanol–water partition coefficient (Wildman–Crippen LogP) is 4.09. The fraction of sp³-hybridized carbons (Fsp3) is 0.211. The number of hydrogen-bond donors (Lipinski definition) is 0. The van der Waals surface area contributed by atoms with Crippen LogP contribution in [0.3, 0.4) is 0 Å². The van der Waals surface area contributed by atoms with Crippen LogP contribution in [0.25, 0.3) is 11.3 Å². The number of carbonyl (C=O) groups is 1. The van der Waals surface area contributed by atoms with Crippen molar-refractivity contribution in [2.75, 3.05) is 6.61 Å². The van der Waals surface area contributed by atoms with Crippen LogP contribution in [0.2, 0.25) is 5.02 Å². The average Bonchev–Trinajstić information content (AvgIpc) is 2.98. The quantitative estimate of drug-likeness (QED) is 0.681. The second-order valence-corrected chi connectivity index (χ2v) is 7.54. The second-order valence-electron chi connectivity index (χ2n) is 6.04. The van der Waals surface area contributed by atoms with Crippen LogP contribution < -0.4 is 4.74 Å². The zero-order valence-electron chi connectivity index (χ0n) is 14.1. The molecule has 7 heteroatoms. The van der Waals surface area contributed by atoms with Crippen molar-refractivity contribution < 1.29 is 9.53 Å². The van der Waals surface area contributed by atoms with Gasteiger partial charge >= 0.3 is 0 Å². The van der Waals surface area contributed by atoms with Crippen LogP contribution in [0.4, 0.5) is 0 Å². The normalized spacial score (nSPS) is 13.9. The highest BCUT2D eigenvalue weighted by molar-refractivity contribution is 7.09. The average molecular weight is 386 g/mol. The number of benzene rings is 1. The van der Waals surface area contributed by atoms with Crippen molar-refractivity contribution in [3.8, 4) is 17.0 Å². The number of carbonyl (C=O) groups excluding carboxylic acids is 1. The summed E-state index contributed by atoms with van der Waals surface area (Å²) in [5.74, 6) is 0.578. The van der Waals surface area contributed by atoms with Crippen LogP contribution in [-0.2, 0) is 17.9 Å². The van der Waals surface area contributed by atoms with E-state index in [4.69, 9.17) is 21.3 Å². The van der Waals surface area contributed by atoms with E-state index in [0.717, 1.165) is 27.7 Å². The number of rotatable bonds is 3. The van der Waals surface area contributed by atoms with Gasteiger partial charge < -0.3 is 9.64 Å². The van der Waals surface area contributed by atoms with Crippen molar-refractivity contribution in [3.63, 3.8) is 0 Å². The molecule has 0 saturated heterocycles. The van der Waals surface area contributed by atoms with E-state index in [1.54, 1.807) is 16.2 Å². The molecule has 26 heavy (non-hydrogen) atoms. The van der Waals surface area contributed by atoms with Gasteiger partial charge in [0.2, 0.25) is 0 Å². The molecule has 1 amide bonds. The predicted molar refractivity (Wildman–Crippen MR) is 101 cm³/mol. The van der Waals surface area contributed by atoms with Crippen LogP contribution in [0.5, 0.6) is 5.75 Å². The van der Waals surface area contributed by atoms with E-state index in [-0.39, 0.29) is 12.5 Å². The van der Waals surface area contributed by atoms with E-state index in [0.29, 0.717) is 23.9 Å². The second kappa shape index (κ2) is 7.05. The molecule has 0 fully saturated rings. The number of halogens is 1. The maximum Gasteiger partial charge on any atom is 0.261 e. The summed E-state index contributed by atoms with van der Waals surface area (Å²) >= 11 is 7.54. The van der Waals surface area contributed by atoms with E-state index in [1.165, 1.54) is 0 Å². The van der Waals surface area contributed by atoms with E-state index in [1.807, 2.05) is 48.7 Å². The van der Waals surface area contributed by atoms with Gasteiger partial charge in [-0.05, 0) is 31.2 Å². The Morgan fingerprint density at radius 2 is 2.00 bits per heavy atom. The highest BCUT2D eigenvalue weighted by Crippen LogP contribution is 2.27. The zero-order chi connectivity index (χ0) is 18.1. The summed E-state index contributed by atoms with van der Waals surface area (Å²) in [6.07, 6.45) is 0. The molecule has 0 atom stereocenters. The molecule has 0 unspecified atom stereocenters. The van der Waals surface area contributed by atoms with Gasteiger partial charge in [0.25, 0.3) is 5.91 Å². The maximum atomic E-state index is 12.4. The Kier molecular flexibility index (Phi) is 4.61. The van der Waals surface area contributed by atoms with Crippen molar-refractivity contribution in [1.29, 1.82) is 0 Å². The monoisotopic (exact) mass is 385 g/mol. The number of hydrogen-bond acceptors (Lipinski definition) is 5. The third kappa shape index (κ3) is 3.57. The molecule has 5 nitrogen and oxygen atoms in total. The van der Waals surface area contributed by atoms with Crippen LogP contribution in [0.1, 0.15) is 16.4 Å². The first kappa shape index (κ1) is 17.0. The van der Waals surface area contributed by atoms with Gasteiger partial charge in [-0.1, -0.05) is 23.7 Å². The number of aromatic nitrogens is 2. The van der Waals surface area contributed by atoms with E-state index < -0.39 is 0 Å². The molecule has 0 spiro atoms. The zero-order valence-corrected chi connectivity index (χ0v) is 15.7. The molecule has 0 bridgehead atoms. The van der Waals surface area contributed by atoms with Crippen molar-refractivity contribution in [3.05, 3.63) is 63.2 Å². The molecule has 0 N–H and O–H groups in total. The van der Waals surface area contributed by atoms with Crippen LogP contribution in [0, 0.1) is 6.92 Å². The summed E-state index contributed by atoms with van der Waals surface area (Å²) in [4.78, 5) is 23.3. The SMILES string of the molecule is Cc1nc(CN2Cc3nc(-c4ccc(Cl)cc4)ccc3OCC2=O)cs1. The number of ether oxygens (including phenoxy) is 1. The lowest BCUT2D eigenvalue weighted by Gasteiger charge is -2.18. The fourth-order valence-corrected chi connectivity index (χ4v) is 3.56. The molecule has 1 aromatic carbocycles. The summed E-state index contributed by atoms with van der Waals surface area (Å²) in [6.45, 7) is 2.82. The molecular formula is C19H16ClN3O2S. The lowest BCUT2D eigenvalue weighted by molar-refractivity contribution is -0.133. The lowest BCUT2D eigenvalue weighted by Crippen LogP contribution is -2.32. The van der Waals surface area contributed by atoms with Gasteiger partial charge in [-0.15, -0.1) is 11.3 Å². The van der Waals surface area contributed by atoms with Gasteiger partial charge in [-0.25, -0.2) is 9.97 Å². The van der Waals surface area contributed by atoms with Crippen molar-refractivity contribution >= 4 is 28.8 Å². The van der Waals surface area contributed by atoms with Crippen molar-refractivity contribution in [2.24, 2.45) is 0 Å². The van der Waals surface area contributed by atoms with Gasteiger partial charge in [0, 0.05) is 16.0 Å². The Balaban J connectivity index is 1.63. The smallest absolute Gasteiger partial charge is 0.261 e. The Hall–Kier alpha value is -2.44. The number of aryl methyl sites for hydroxylation is 1. The first-order chi connectivity index (χ1) is 12.6. The number of thiazole rings is 1. The Labute approximate surface area is 160 Å². The van der Waals surface area contributed by atoms with Crippen molar-refractivity contribution in [2.45, 2.75) is 20.0 Å². The number of nitrogens with zero attached hydrogens (tertiary/aromatic N) is 3. The molecule has 0 saturated carbocycles. The molecule has 2 aromatic heterocycles. The summed E-state index contributed by atoms with van der Waals surface area (Å²) in [6, 6.07) is 11.3. The minimum Gasteiger partial charge on any atom is -0.482 e. The topological polar surface area (TPSA) is 55.3 Å². The largest absolute Gasteiger partial charge is 0.482 e.